The Kier molecular flexibility index (Phi) is 7.74. The van der Waals surface area contributed by atoms with E-state index in [1.165, 1.54) is 17.2 Å². The fourth-order valence-corrected chi connectivity index (χ4v) is 4.09. The lowest BCUT2D eigenvalue weighted by Gasteiger charge is -2.18. The monoisotopic (exact) mass is 475 g/mol. The van der Waals surface area contributed by atoms with Gasteiger partial charge < -0.3 is 36.4 Å². The molecule has 1 aliphatic rings. The summed E-state index contributed by atoms with van der Waals surface area (Å²) in [6, 6.07) is -0.983. The molecule has 0 aliphatic carbocycles. The van der Waals surface area contributed by atoms with E-state index in [4.69, 9.17) is 25.8 Å². The van der Waals surface area contributed by atoms with E-state index in [2.05, 4.69) is 20.0 Å². The van der Waals surface area contributed by atoms with Gasteiger partial charge in [0, 0.05) is 6.54 Å². The number of imidazole rings is 1. The van der Waals surface area contributed by atoms with Gasteiger partial charge in [0.2, 0.25) is 0 Å². The molecule has 0 spiro atoms. The van der Waals surface area contributed by atoms with Crippen LogP contribution in [0.3, 0.4) is 0 Å². The van der Waals surface area contributed by atoms with Crippen LogP contribution >= 0.6 is 7.75 Å². The first kappa shape index (κ1) is 24.4. The van der Waals surface area contributed by atoms with Gasteiger partial charge in [0.1, 0.15) is 36.2 Å². The number of aliphatic carboxylic acids is 1. The van der Waals surface area contributed by atoms with Crippen LogP contribution in [0.25, 0.3) is 11.2 Å². The van der Waals surface area contributed by atoms with Crippen LogP contribution in [0, 0.1) is 0 Å². The number of fused-ring (bicyclic) bond motifs is 1. The number of nitrogens with one attached hydrogen (secondary N) is 1. The zero-order chi connectivity index (χ0) is 23.5. The van der Waals surface area contributed by atoms with Crippen molar-refractivity contribution in [1.29, 1.82) is 0 Å². The number of hydrogen-bond donors (Lipinski definition) is 7. The second-order valence-electron chi connectivity index (χ2n) is 7.29. The molecule has 1 aliphatic heterocycles. The molecule has 0 amide bonds. The molecule has 1 fully saturated rings. The fraction of sp³-hybridized carbons (Fsp3) is 0.625. The number of nitrogens with two attached hydrogens (primary N) is 2. The lowest BCUT2D eigenvalue weighted by molar-refractivity contribution is -0.138. The minimum absolute atomic E-state index is 0.0849. The Bertz CT molecular complexity index is 990. The first-order valence-corrected chi connectivity index (χ1v) is 11.3. The molecule has 0 aromatic carbocycles. The number of carbonyl (C=O) groups is 1. The van der Waals surface area contributed by atoms with Crippen LogP contribution < -0.4 is 16.6 Å². The standard InChI is InChI=1S/C16H26N7O8P/c17-8(16(26)27)3-1-2-4-22-32(28,29)30-5-9-11(24)12(25)15(31-9)23-7-21-10-13(18)19-6-20-14(10)23/h6-9,11-12,15,24-25H,1-5,17H2,(H,26,27)(H2,18,19,20)(H2,22,28,29)/t8-,9+,11+,12+,15+/m0/s1. The molecule has 0 bridgehead atoms. The molecule has 1 saturated heterocycles. The smallest absolute Gasteiger partial charge is 0.403 e. The fourth-order valence-electron chi connectivity index (χ4n) is 3.21. The lowest BCUT2D eigenvalue weighted by atomic mass is 10.1. The average Bonchev–Trinajstić information content (AvgIpc) is 3.28. The molecule has 0 saturated carbocycles. The number of nitrogen functional groups attached to an aromatic ring is 1. The Balaban J connectivity index is 1.51. The topological polar surface area (TPSA) is 241 Å². The van der Waals surface area contributed by atoms with E-state index >= 15 is 0 Å². The quantitative estimate of drug-likeness (QED) is 0.142. The van der Waals surface area contributed by atoms with Crippen LogP contribution in [0.4, 0.5) is 5.82 Å². The molecule has 2 aromatic rings. The Labute approximate surface area is 182 Å². The maximum Gasteiger partial charge on any atom is 0.403 e. The zero-order valence-electron chi connectivity index (χ0n) is 16.9. The van der Waals surface area contributed by atoms with Crippen molar-refractivity contribution in [3.8, 4) is 0 Å². The normalized spacial score (nSPS) is 26.2. The molecule has 6 atom stereocenters. The number of aliphatic hydroxyl groups excluding tert-OH is 2. The van der Waals surface area contributed by atoms with Gasteiger partial charge in [-0.3, -0.25) is 13.9 Å². The Morgan fingerprint density at radius 2 is 2.06 bits per heavy atom. The van der Waals surface area contributed by atoms with Crippen LogP contribution in [0.15, 0.2) is 12.7 Å². The number of rotatable bonds is 11. The Morgan fingerprint density at radius 3 is 2.78 bits per heavy atom. The molecular weight excluding hydrogens is 449 g/mol. The molecule has 32 heavy (non-hydrogen) atoms. The number of hydrogen-bond acceptors (Lipinski definition) is 11. The minimum Gasteiger partial charge on any atom is -0.480 e. The number of ether oxygens (including phenoxy) is 1. The predicted molar refractivity (Wildman–Crippen MR) is 109 cm³/mol. The third-order valence-corrected chi connectivity index (χ3v) is 6.11. The van der Waals surface area contributed by atoms with Crippen molar-refractivity contribution in [1.82, 2.24) is 24.6 Å². The zero-order valence-corrected chi connectivity index (χ0v) is 17.8. The summed E-state index contributed by atoms with van der Waals surface area (Å²) < 4.78 is 24.1. The second-order valence-corrected chi connectivity index (χ2v) is 8.91. The van der Waals surface area contributed by atoms with E-state index in [-0.39, 0.29) is 24.4 Å². The molecular formula is C16H26N7O8P. The van der Waals surface area contributed by atoms with Crippen LogP contribution in [-0.4, -0.2) is 83.2 Å². The number of nitrogens with zero attached hydrogens (tertiary/aromatic N) is 4. The highest BCUT2D eigenvalue weighted by molar-refractivity contribution is 7.50. The van der Waals surface area contributed by atoms with E-state index in [0.717, 1.165) is 0 Å². The molecule has 15 nitrogen and oxygen atoms in total. The summed E-state index contributed by atoms with van der Waals surface area (Å²) in [5.41, 5.74) is 11.7. The van der Waals surface area contributed by atoms with Crippen molar-refractivity contribution in [3.63, 3.8) is 0 Å². The SMILES string of the molecule is Nc1ncnc2c1ncn2[C@@H]1O[C@H](COP(=O)(O)NCCCC[C@H](N)C(=O)O)[C@@H](O)[C@H]1O. The Hall–Kier alpha value is -2.23. The highest BCUT2D eigenvalue weighted by Crippen LogP contribution is 2.39. The van der Waals surface area contributed by atoms with E-state index in [0.29, 0.717) is 18.4 Å². The van der Waals surface area contributed by atoms with Gasteiger partial charge in [-0.05, 0) is 12.8 Å². The third kappa shape index (κ3) is 5.57. The summed E-state index contributed by atoms with van der Waals surface area (Å²) in [6.07, 6.45) is -1.37. The van der Waals surface area contributed by atoms with Crippen molar-refractivity contribution in [2.45, 2.75) is 49.8 Å². The Morgan fingerprint density at radius 1 is 1.31 bits per heavy atom. The van der Waals surface area contributed by atoms with Gasteiger partial charge in [-0.2, -0.15) is 0 Å². The first-order valence-electron chi connectivity index (χ1n) is 9.76. The van der Waals surface area contributed by atoms with Crippen molar-refractivity contribution < 1.29 is 38.8 Å². The first-order chi connectivity index (χ1) is 15.1. The third-order valence-electron chi connectivity index (χ3n) is 4.98. The minimum atomic E-state index is -4.23. The number of carboxylic acids is 1. The number of unbranched alkanes of at least 4 members (excludes halogenated alkanes) is 1. The van der Waals surface area contributed by atoms with Gasteiger partial charge in [-0.25, -0.2) is 24.6 Å². The predicted octanol–water partition coefficient (Wildman–Crippen LogP) is -1.68. The van der Waals surface area contributed by atoms with Crippen LogP contribution in [0.1, 0.15) is 25.5 Å². The van der Waals surface area contributed by atoms with E-state index < -0.39 is 50.9 Å². The summed E-state index contributed by atoms with van der Waals surface area (Å²) in [5.74, 6) is -0.969. The van der Waals surface area contributed by atoms with Gasteiger partial charge in [-0.1, -0.05) is 6.42 Å². The summed E-state index contributed by atoms with van der Waals surface area (Å²) in [7, 11) is -4.23. The van der Waals surface area contributed by atoms with Crippen molar-refractivity contribution >= 4 is 30.7 Å². The van der Waals surface area contributed by atoms with E-state index in [9.17, 15) is 24.5 Å². The maximum atomic E-state index is 12.1. The van der Waals surface area contributed by atoms with Crippen molar-refractivity contribution in [3.05, 3.63) is 12.7 Å². The summed E-state index contributed by atoms with van der Waals surface area (Å²) >= 11 is 0. The maximum absolute atomic E-state index is 12.1. The average molecular weight is 475 g/mol. The molecule has 3 rings (SSSR count). The van der Waals surface area contributed by atoms with Crippen molar-refractivity contribution in [2.75, 3.05) is 18.9 Å². The summed E-state index contributed by atoms with van der Waals surface area (Å²) in [5, 5.41) is 31.7. The van der Waals surface area contributed by atoms with E-state index in [1.807, 2.05) is 0 Å². The van der Waals surface area contributed by atoms with Crippen molar-refractivity contribution in [2.24, 2.45) is 5.73 Å². The lowest BCUT2D eigenvalue weighted by Crippen LogP contribution is -2.34. The molecule has 178 valence electrons. The molecule has 16 heteroatoms. The van der Waals surface area contributed by atoms with Gasteiger partial charge in [0.15, 0.2) is 17.7 Å². The summed E-state index contributed by atoms with van der Waals surface area (Å²) in [4.78, 5) is 32.5. The molecule has 3 heterocycles. The summed E-state index contributed by atoms with van der Waals surface area (Å²) in [6.45, 7) is -0.398. The van der Waals surface area contributed by atoms with E-state index in [1.54, 1.807) is 0 Å². The van der Waals surface area contributed by atoms with Crippen LogP contribution in [-0.2, 0) is 18.6 Å². The second kappa shape index (κ2) is 10.1. The number of aliphatic hydroxyl groups is 2. The number of aromatic nitrogens is 4. The van der Waals surface area contributed by atoms with Gasteiger partial charge in [0.25, 0.3) is 0 Å². The molecule has 0 radical (unpaired) electrons. The largest absolute Gasteiger partial charge is 0.480 e. The van der Waals surface area contributed by atoms with Gasteiger partial charge in [0.05, 0.1) is 12.9 Å². The van der Waals surface area contributed by atoms with Gasteiger partial charge >= 0.3 is 13.7 Å². The molecule has 1 unspecified atom stereocenters. The number of carboxylic acid groups (broad SMARTS) is 1. The van der Waals surface area contributed by atoms with Gasteiger partial charge in [-0.15, -0.1) is 0 Å². The van der Waals surface area contributed by atoms with Crippen LogP contribution in [0.2, 0.25) is 0 Å². The van der Waals surface area contributed by atoms with Crippen LogP contribution in [0.5, 0.6) is 0 Å². The number of anilines is 1. The molecule has 2 aromatic heterocycles. The molecule has 9 N–H and O–H groups in total. The highest BCUT2D eigenvalue weighted by atomic mass is 31.2. The highest BCUT2D eigenvalue weighted by Gasteiger charge is 2.45.